The Balaban J connectivity index is 1.89. The first-order chi connectivity index (χ1) is 13.0. The highest BCUT2D eigenvalue weighted by molar-refractivity contribution is 5.90. The van der Waals surface area contributed by atoms with Gasteiger partial charge in [-0.3, -0.25) is 9.79 Å². The number of nitrogens with zero attached hydrogens (tertiary/aromatic N) is 3. The summed E-state index contributed by atoms with van der Waals surface area (Å²) in [6.07, 6.45) is 0.308. The smallest absolute Gasteiger partial charge is 0.227 e. The average molecular weight is 367 g/mol. The molecular weight excluding hydrogens is 338 g/mol. The fraction of sp³-hybridized carbons (Fsp3) is 0.381. The minimum atomic E-state index is -0.0890. The van der Waals surface area contributed by atoms with Crippen molar-refractivity contribution in [2.75, 3.05) is 25.5 Å². The van der Waals surface area contributed by atoms with Crippen LogP contribution in [0.1, 0.15) is 30.2 Å². The number of aromatic nitrogens is 1. The van der Waals surface area contributed by atoms with Crippen molar-refractivity contribution >= 4 is 17.7 Å². The number of pyridine rings is 1. The number of rotatable bonds is 7. The predicted molar refractivity (Wildman–Crippen MR) is 111 cm³/mol. The topological polar surface area (TPSA) is 69.6 Å². The van der Waals surface area contributed by atoms with Gasteiger partial charge in [-0.1, -0.05) is 35.9 Å². The maximum atomic E-state index is 12.1. The van der Waals surface area contributed by atoms with Crippen LogP contribution in [0.5, 0.6) is 0 Å². The van der Waals surface area contributed by atoms with E-state index in [1.165, 1.54) is 11.1 Å². The van der Waals surface area contributed by atoms with Crippen LogP contribution in [-0.2, 0) is 11.3 Å². The summed E-state index contributed by atoms with van der Waals surface area (Å²) in [4.78, 5) is 23.0. The first-order valence-electron chi connectivity index (χ1n) is 9.26. The number of aliphatic imine (C=N–C) groups is 1. The summed E-state index contributed by atoms with van der Waals surface area (Å²) in [6.45, 7) is 7.95. The first kappa shape index (κ1) is 20.4. The van der Waals surface area contributed by atoms with Gasteiger partial charge in [0.15, 0.2) is 5.96 Å². The molecule has 0 aliphatic heterocycles. The van der Waals surface area contributed by atoms with Gasteiger partial charge in [0.05, 0.1) is 6.54 Å². The Labute approximate surface area is 161 Å². The largest absolute Gasteiger partial charge is 0.357 e. The van der Waals surface area contributed by atoms with E-state index in [2.05, 4.69) is 56.7 Å². The summed E-state index contributed by atoms with van der Waals surface area (Å²) in [6, 6.07) is 14.0. The van der Waals surface area contributed by atoms with E-state index < -0.39 is 0 Å². The second-order valence-electron chi connectivity index (χ2n) is 6.54. The third-order valence-electron chi connectivity index (χ3n) is 3.99. The van der Waals surface area contributed by atoms with Crippen molar-refractivity contribution in [3.63, 3.8) is 0 Å². The molecule has 1 aromatic carbocycles. The lowest BCUT2D eigenvalue weighted by Crippen LogP contribution is -2.38. The molecule has 1 amide bonds. The number of carbonyl (C=O) groups excluding carboxylic acids is 1. The highest BCUT2D eigenvalue weighted by Gasteiger charge is 2.08. The van der Waals surface area contributed by atoms with E-state index in [-0.39, 0.29) is 5.91 Å². The summed E-state index contributed by atoms with van der Waals surface area (Å²) >= 11 is 0. The molecule has 0 atom stereocenters. The summed E-state index contributed by atoms with van der Waals surface area (Å²) < 4.78 is 0. The van der Waals surface area contributed by atoms with Gasteiger partial charge >= 0.3 is 0 Å². The van der Waals surface area contributed by atoms with Crippen LogP contribution < -0.4 is 10.6 Å². The molecule has 0 unspecified atom stereocenters. The Kier molecular flexibility index (Phi) is 7.79. The van der Waals surface area contributed by atoms with Gasteiger partial charge in [0.25, 0.3) is 0 Å². The average Bonchev–Trinajstić information content (AvgIpc) is 2.63. The maximum absolute atomic E-state index is 12.1. The molecule has 2 aromatic rings. The summed E-state index contributed by atoms with van der Waals surface area (Å²) in [7, 11) is 2.00. The van der Waals surface area contributed by atoms with Gasteiger partial charge in [-0.15, -0.1) is 0 Å². The van der Waals surface area contributed by atoms with Crippen LogP contribution in [0.25, 0.3) is 0 Å². The zero-order valence-corrected chi connectivity index (χ0v) is 16.6. The van der Waals surface area contributed by atoms with Crippen molar-refractivity contribution in [3.8, 4) is 0 Å². The van der Waals surface area contributed by atoms with Gasteiger partial charge < -0.3 is 15.5 Å². The second-order valence-corrected chi connectivity index (χ2v) is 6.54. The highest BCUT2D eigenvalue weighted by Crippen LogP contribution is 2.07. The Morgan fingerprint density at radius 1 is 1.15 bits per heavy atom. The van der Waals surface area contributed by atoms with Gasteiger partial charge in [-0.2, -0.15) is 0 Å². The summed E-state index contributed by atoms with van der Waals surface area (Å²) in [5.41, 5.74) is 3.34. The van der Waals surface area contributed by atoms with Crippen molar-refractivity contribution in [3.05, 3.63) is 59.3 Å². The van der Waals surface area contributed by atoms with Gasteiger partial charge in [-0.05, 0) is 38.5 Å². The van der Waals surface area contributed by atoms with Crippen molar-refractivity contribution in [1.82, 2.24) is 15.2 Å². The molecule has 6 nitrogen and oxygen atoms in total. The third kappa shape index (κ3) is 7.09. The number of aryl methyl sites for hydroxylation is 2. The first-order valence-corrected chi connectivity index (χ1v) is 9.26. The monoisotopic (exact) mass is 367 g/mol. The lowest BCUT2D eigenvalue weighted by Gasteiger charge is -2.22. The highest BCUT2D eigenvalue weighted by atomic mass is 16.1. The van der Waals surface area contributed by atoms with Crippen LogP contribution in [0.2, 0.25) is 0 Å². The van der Waals surface area contributed by atoms with Crippen molar-refractivity contribution < 1.29 is 4.79 Å². The fourth-order valence-corrected chi connectivity index (χ4v) is 2.59. The minimum absolute atomic E-state index is 0.0890. The molecule has 0 bridgehead atoms. The molecular formula is C21H29N5O. The van der Waals surface area contributed by atoms with E-state index in [1.54, 1.807) is 6.07 Å². The number of carbonyl (C=O) groups is 1. The number of guanidine groups is 1. The van der Waals surface area contributed by atoms with E-state index in [0.717, 1.165) is 24.7 Å². The molecule has 0 saturated heterocycles. The third-order valence-corrected chi connectivity index (χ3v) is 3.99. The molecule has 0 fully saturated rings. The van der Waals surface area contributed by atoms with Crippen molar-refractivity contribution in [1.29, 1.82) is 0 Å². The van der Waals surface area contributed by atoms with E-state index in [0.29, 0.717) is 18.8 Å². The van der Waals surface area contributed by atoms with Crippen LogP contribution in [0.15, 0.2) is 47.5 Å². The van der Waals surface area contributed by atoms with Crippen LogP contribution in [0, 0.1) is 13.8 Å². The molecule has 0 aliphatic carbocycles. The van der Waals surface area contributed by atoms with Gasteiger partial charge in [0.2, 0.25) is 5.91 Å². The molecule has 27 heavy (non-hydrogen) atoms. The lowest BCUT2D eigenvalue weighted by atomic mass is 10.1. The van der Waals surface area contributed by atoms with E-state index in [4.69, 9.17) is 0 Å². The standard InChI is InChI=1S/C21H29N5O/c1-5-22-21(26(4)15-18-11-9-16(2)10-12-18)23-14-13-20(27)25-19-8-6-7-17(3)24-19/h6-12H,5,13-15H2,1-4H3,(H,22,23)(H,24,25,27). The summed E-state index contributed by atoms with van der Waals surface area (Å²) in [5.74, 6) is 1.28. The number of nitrogens with one attached hydrogen (secondary N) is 2. The Bertz CT molecular complexity index is 770. The zero-order valence-electron chi connectivity index (χ0n) is 16.6. The molecule has 1 aromatic heterocycles. The minimum Gasteiger partial charge on any atom is -0.357 e. The predicted octanol–water partition coefficient (Wildman–Crippen LogP) is 3.12. The Morgan fingerprint density at radius 2 is 1.89 bits per heavy atom. The fourth-order valence-electron chi connectivity index (χ4n) is 2.59. The number of hydrogen-bond donors (Lipinski definition) is 2. The van der Waals surface area contributed by atoms with Gasteiger partial charge in [-0.25, -0.2) is 4.98 Å². The number of benzene rings is 1. The van der Waals surface area contributed by atoms with Gasteiger partial charge in [0.1, 0.15) is 5.82 Å². The second kappa shape index (κ2) is 10.3. The number of hydrogen-bond acceptors (Lipinski definition) is 3. The molecule has 2 rings (SSSR count). The zero-order chi connectivity index (χ0) is 19.6. The lowest BCUT2D eigenvalue weighted by molar-refractivity contribution is -0.116. The summed E-state index contributed by atoms with van der Waals surface area (Å²) in [5, 5.41) is 6.09. The van der Waals surface area contributed by atoms with Gasteiger partial charge in [0, 0.05) is 32.3 Å². The Morgan fingerprint density at radius 3 is 2.56 bits per heavy atom. The van der Waals surface area contributed by atoms with E-state index >= 15 is 0 Å². The molecule has 2 N–H and O–H groups in total. The van der Waals surface area contributed by atoms with Crippen LogP contribution >= 0.6 is 0 Å². The number of anilines is 1. The molecule has 0 saturated carbocycles. The quantitative estimate of drug-likeness (QED) is 0.583. The Hall–Kier alpha value is -2.89. The molecule has 0 spiro atoms. The number of amides is 1. The van der Waals surface area contributed by atoms with E-state index in [1.807, 2.05) is 33.0 Å². The molecule has 0 aliphatic rings. The molecule has 144 valence electrons. The SMILES string of the molecule is CCNC(=NCCC(=O)Nc1cccc(C)n1)N(C)Cc1ccc(C)cc1. The van der Waals surface area contributed by atoms with Crippen LogP contribution in [0.4, 0.5) is 5.82 Å². The van der Waals surface area contributed by atoms with Crippen LogP contribution in [0.3, 0.4) is 0 Å². The molecule has 0 radical (unpaired) electrons. The van der Waals surface area contributed by atoms with Crippen molar-refractivity contribution in [2.24, 2.45) is 4.99 Å². The maximum Gasteiger partial charge on any atom is 0.227 e. The molecule has 6 heteroatoms. The normalized spacial score (nSPS) is 11.2. The van der Waals surface area contributed by atoms with Crippen molar-refractivity contribution in [2.45, 2.75) is 33.7 Å². The van der Waals surface area contributed by atoms with E-state index in [9.17, 15) is 4.79 Å². The molecule has 1 heterocycles. The van der Waals surface area contributed by atoms with Crippen LogP contribution in [-0.4, -0.2) is 41.9 Å².